The number of benzene rings is 6. The van der Waals surface area contributed by atoms with E-state index in [2.05, 4.69) is 120 Å². The number of nitrogens with zero attached hydrogens (tertiary/aromatic N) is 2. The SMILES string of the molecule is C/C=C(\NCN)c1ccc(-c2ccc3ccccc3c2-c2ccc(C3N=C(c4ccccc4)NC(c4ccccc4)=N3)cc2)cc1. The van der Waals surface area contributed by atoms with Crippen molar-refractivity contribution < 1.29 is 0 Å². The van der Waals surface area contributed by atoms with Crippen LogP contribution in [0.25, 0.3) is 38.7 Å². The molecule has 6 aromatic carbocycles. The van der Waals surface area contributed by atoms with E-state index in [9.17, 15) is 0 Å². The molecule has 0 aromatic heterocycles. The molecule has 46 heavy (non-hydrogen) atoms. The number of aliphatic imine (C=N–C) groups is 2. The van der Waals surface area contributed by atoms with Crippen LogP contribution in [-0.4, -0.2) is 18.3 Å². The van der Waals surface area contributed by atoms with Crippen LogP contribution in [0.15, 0.2) is 162 Å². The molecule has 0 bridgehead atoms. The summed E-state index contributed by atoms with van der Waals surface area (Å²) >= 11 is 0. The molecule has 5 heteroatoms. The number of nitrogens with two attached hydrogens (primary N) is 1. The van der Waals surface area contributed by atoms with E-state index in [-0.39, 0.29) is 6.17 Å². The highest BCUT2D eigenvalue weighted by atomic mass is 15.2. The molecular formula is C41H35N5. The first-order chi connectivity index (χ1) is 22.7. The zero-order chi connectivity index (χ0) is 31.3. The van der Waals surface area contributed by atoms with Crippen LogP contribution in [0.3, 0.4) is 0 Å². The monoisotopic (exact) mass is 597 g/mol. The van der Waals surface area contributed by atoms with Crippen LogP contribution >= 0.6 is 0 Å². The molecule has 0 spiro atoms. The Morgan fingerprint density at radius 3 is 1.85 bits per heavy atom. The van der Waals surface area contributed by atoms with E-state index < -0.39 is 0 Å². The minimum absolute atomic E-state index is 0.372. The lowest BCUT2D eigenvalue weighted by Gasteiger charge is -2.22. The van der Waals surface area contributed by atoms with Crippen molar-refractivity contribution in [3.8, 4) is 22.3 Å². The summed E-state index contributed by atoms with van der Waals surface area (Å²) in [5.74, 6) is 1.62. The summed E-state index contributed by atoms with van der Waals surface area (Å²) in [7, 11) is 0. The van der Waals surface area contributed by atoms with E-state index in [0.717, 1.165) is 50.7 Å². The lowest BCUT2D eigenvalue weighted by atomic mass is 9.89. The standard InChI is InChI=1S/C41H35N5/c1-2-37(43-27-42)30-19-17-29(18-20-30)36-26-25-28-11-9-10-16-35(28)38(36)31-21-23-34(24-22-31)41-45-39(32-12-5-3-6-13-32)44-40(46-41)33-14-7-4-8-15-33/h2-26,41,43H,27,42H2,1H3,(H,44,45,46)/b37-2-. The fourth-order valence-corrected chi connectivity index (χ4v) is 6.04. The largest absolute Gasteiger partial charge is 0.372 e. The third-order valence-electron chi connectivity index (χ3n) is 8.35. The van der Waals surface area contributed by atoms with Crippen molar-refractivity contribution in [2.75, 3.05) is 6.67 Å². The summed E-state index contributed by atoms with van der Waals surface area (Å²) in [5.41, 5.74) is 15.7. The fraction of sp³-hybridized carbons (Fsp3) is 0.0732. The highest BCUT2D eigenvalue weighted by Crippen LogP contribution is 2.39. The number of nitrogens with one attached hydrogen (secondary N) is 2. The highest BCUT2D eigenvalue weighted by Gasteiger charge is 2.21. The van der Waals surface area contributed by atoms with Gasteiger partial charge in [-0.2, -0.15) is 0 Å². The Morgan fingerprint density at radius 1 is 0.652 bits per heavy atom. The summed E-state index contributed by atoms with van der Waals surface area (Å²) in [6, 6.07) is 50.9. The van der Waals surface area contributed by atoms with Crippen LogP contribution in [0.5, 0.6) is 0 Å². The van der Waals surface area contributed by atoms with Crippen LogP contribution in [-0.2, 0) is 0 Å². The van der Waals surface area contributed by atoms with Crippen LogP contribution in [0.1, 0.15) is 35.3 Å². The molecule has 0 amide bonds. The maximum absolute atomic E-state index is 5.76. The van der Waals surface area contributed by atoms with Crippen molar-refractivity contribution in [2.45, 2.75) is 13.1 Å². The van der Waals surface area contributed by atoms with E-state index in [1.807, 2.05) is 49.4 Å². The summed E-state index contributed by atoms with van der Waals surface area (Å²) in [6.45, 7) is 2.41. The number of allylic oxidation sites excluding steroid dienone is 1. The Hall–Kier alpha value is -5.78. The van der Waals surface area contributed by atoms with Gasteiger partial charge in [-0.05, 0) is 51.1 Å². The zero-order valence-corrected chi connectivity index (χ0v) is 25.7. The molecule has 0 fully saturated rings. The molecule has 7 rings (SSSR count). The molecule has 1 heterocycles. The van der Waals surface area contributed by atoms with Crippen molar-refractivity contribution in [3.05, 3.63) is 174 Å². The average Bonchev–Trinajstić information content (AvgIpc) is 3.14. The smallest absolute Gasteiger partial charge is 0.169 e. The number of fused-ring (bicyclic) bond motifs is 1. The van der Waals surface area contributed by atoms with E-state index in [1.54, 1.807) is 0 Å². The van der Waals surface area contributed by atoms with Gasteiger partial charge in [0, 0.05) is 16.8 Å². The molecule has 5 nitrogen and oxygen atoms in total. The minimum Gasteiger partial charge on any atom is -0.372 e. The van der Waals surface area contributed by atoms with E-state index in [1.165, 1.54) is 21.9 Å². The van der Waals surface area contributed by atoms with E-state index in [4.69, 9.17) is 15.7 Å². The van der Waals surface area contributed by atoms with Crippen LogP contribution in [0.2, 0.25) is 0 Å². The van der Waals surface area contributed by atoms with Gasteiger partial charge < -0.3 is 16.4 Å². The van der Waals surface area contributed by atoms with Crippen molar-refractivity contribution in [3.63, 3.8) is 0 Å². The Labute approximate surface area is 269 Å². The topological polar surface area (TPSA) is 74.8 Å². The van der Waals surface area contributed by atoms with Crippen molar-refractivity contribution in [2.24, 2.45) is 15.7 Å². The second-order valence-electron chi connectivity index (χ2n) is 11.2. The van der Waals surface area contributed by atoms with Crippen molar-refractivity contribution in [1.82, 2.24) is 10.6 Å². The predicted molar refractivity (Wildman–Crippen MR) is 192 cm³/mol. The summed E-state index contributed by atoms with van der Waals surface area (Å²) < 4.78 is 0. The molecule has 1 aliphatic heterocycles. The molecular weight excluding hydrogens is 562 g/mol. The summed E-state index contributed by atoms with van der Waals surface area (Å²) in [4.78, 5) is 10.1. The Bertz CT molecular complexity index is 2010. The molecule has 0 atom stereocenters. The van der Waals surface area contributed by atoms with Crippen LogP contribution in [0, 0.1) is 0 Å². The Kier molecular flexibility index (Phi) is 8.23. The molecule has 4 N–H and O–H groups in total. The molecule has 0 unspecified atom stereocenters. The molecule has 0 saturated heterocycles. The number of hydrogen-bond donors (Lipinski definition) is 3. The van der Waals surface area contributed by atoms with Crippen molar-refractivity contribution in [1.29, 1.82) is 0 Å². The van der Waals surface area contributed by atoms with Gasteiger partial charge in [0.15, 0.2) is 6.17 Å². The lowest BCUT2D eigenvalue weighted by Crippen LogP contribution is -2.35. The van der Waals surface area contributed by atoms with Gasteiger partial charge in [-0.25, -0.2) is 9.98 Å². The van der Waals surface area contributed by atoms with Gasteiger partial charge in [0.1, 0.15) is 11.7 Å². The van der Waals surface area contributed by atoms with Gasteiger partial charge in [-0.3, -0.25) is 0 Å². The van der Waals surface area contributed by atoms with E-state index in [0.29, 0.717) is 6.67 Å². The van der Waals surface area contributed by atoms with Gasteiger partial charge >= 0.3 is 0 Å². The molecule has 1 aliphatic rings. The molecule has 0 aliphatic carbocycles. The van der Waals surface area contributed by atoms with Gasteiger partial charge in [-0.1, -0.05) is 152 Å². The number of amidine groups is 2. The fourth-order valence-electron chi connectivity index (χ4n) is 6.04. The molecule has 6 aromatic rings. The van der Waals surface area contributed by atoms with Gasteiger partial charge in [-0.15, -0.1) is 0 Å². The molecule has 224 valence electrons. The van der Waals surface area contributed by atoms with Crippen LogP contribution in [0.4, 0.5) is 0 Å². The normalized spacial score (nSPS) is 13.6. The second kappa shape index (κ2) is 13.1. The number of rotatable bonds is 8. The van der Waals surface area contributed by atoms with Crippen LogP contribution < -0.4 is 16.4 Å². The second-order valence-corrected chi connectivity index (χ2v) is 11.2. The lowest BCUT2D eigenvalue weighted by molar-refractivity contribution is 0.756. The summed E-state index contributed by atoms with van der Waals surface area (Å²) in [6.07, 6.45) is 1.68. The minimum atomic E-state index is -0.372. The zero-order valence-electron chi connectivity index (χ0n) is 25.7. The molecule has 0 radical (unpaired) electrons. The first-order valence-corrected chi connectivity index (χ1v) is 15.6. The molecule has 0 saturated carbocycles. The highest BCUT2D eigenvalue weighted by molar-refractivity contribution is 6.15. The Morgan fingerprint density at radius 2 is 1.24 bits per heavy atom. The third-order valence-corrected chi connectivity index (χ3v) is 8.35. The van der Waals surface area contributed by atoms with Gasteiger partial charge in [0.25, 0.3) is 0 Å². The van der Waals surface area contributed by atoms with Gasteiger partial charge in [0.2, 0.25) is 0 Å². The first kappa shape index (κ1) is 29.0. The first-order valence-electron chi connectivity index (χ1n) is 15.6. The quantitative estimate of drug-likeness (QED) is 0.154. The van der Waals surface area contributed by atoms with Gasteiger partial charge in [0.05, 0.1) is 6.67 Å². The van der Waals surface area contributed by atoms with E-state index >= 15 is 0 Å². The Balaban J connectivity index is 1.29. The van der Waals surface area contributed by atoms with Crippen molar-refractivity contribution >= 4 is 28.1 Å². The number of hydrogen-bond acceptors (Lipinski definition) is 5. The maximum atomic E-state index is 5.76. The predicted octanol–water partition coefficient (Wildman–Crippen LogP) is 8.54. The maximum Gasteiger partial charge on any atom is 0.169 e. The average molecular weight is 598 g/mol. The summed E-state index contributed by atoms with van der Waals surface area (Å²) in [5, 5.41) is 9.14. The third kappa shape index (κ3) is 5.84.